The number of hydrogen-bond donors (Lipinski definition) is 2. The van der Waals surface area contributed by atoms with Gasteiger partial charge in [0.05, 0.1) is 12.2 Å². The number of guanidine groups is 1. The molecule has 0 aliphatic rings. The normalized spacial score (nSPS) is 11.5. The molecular formula is C24H38IN5O. The third-order valence-electron chi connectivity index (χ3n) is 4.79. The first-order valence-electron chi connectivity index (χ1n) is 10.9. The summed E-state index contributed by atoms with van der Waals surface area (Å²) in [6.45, 7) is 14.8. The van der Waals surface area contributed by atoms with E-state index >= 15 is 0 Å². The third-order valence-corrected chi connectivity index (χ3v) is 4.79. The molecule has 0 spiro atoms. The van der Waals surface area contributed by atoms with Crippen molar-refractivity contribution < 1.29 is 4.74 Å². The van der Waals surface area contributed by atoms with E-state index in [-0.39, 0.29) is 24.0 Å². The summed E-state index contributed by atoms with van der Waals surface area (Å²) >= 11 is 0. The zero-order chi connectivity index (χ0) is 21.8. The summed E-state index contributed by atoms with van der Waals surface area (Å²) in [7, 11) is 0. The highest BCUT2D eigenvalue weighted by Crippen LogP contribution is 2.14. The lowest BCUT2D eigenvalue weighted by Gasteiger charge is -2.30. The molecule has 2 rings (SSSR count). The number of benzene rings is 1. The van der Waals surface area contributed by atoms with Crippen LogP contribution in [0.15, 0.2) is 53.7 Å². The van der Waals surface area contributed by atoms with Gasteiger partial charge in [0.2, 0.25) is 0 Å². The van der Waals surface area contributed by atoms with Crippen molar-refractivity contribution in [2.24, 2.45) is 4.99 Å². The average Bonchev–Trinajstić information content (AvgIpc) is 2.74. The minimum atomic E-state index is 0. The maximum absolute atomic E-state index is 5.80. The van der Waals surface area contributed by atoms with Gasteiger partial charge in [0.15, 0.2) is 5.96 Å². The predicted octanol–water partition coefficient (Wildman–Crippen LogP) is 4.45. The van der Waals surface area contributed by atoms with Crippen molar-refractivity contribution in [1.82, 2.24) is 20.5 Å². The van der Waals surface area contributed by atoms with Gasteiger partial charge < -0.3 is 15.4 Å². The van der Waals surface area contributed by atoms with E-state index in [1.807, 2.05) is 30.3 Å². The second kappa shape index (κ2) is 15.0. The van der Waals surface area contributed by atoms with Crippen molar-refractivity contribution in [3.8, 4) is 5.75 Å². The van der Waals surface area contributed by atoms with Crippen molar-refractivity contribution in [2.75, 3.05) is 19.6 Å². The van der Waals surface area contributed by atoms with Gasteiger partial charge >= 0.3 is 0 Å². The molecule has 0 radical (unpaired) electrons. The first-order chi connectivity index (χ1) is 14.5. The number of hydrogen-bond acceptors (Lipinski definition) is 4. The monoisotopic (exact) mass is 539 g/mol. The van der Waals surface area contributed by atoms with Gasteiger partial charge in [-0.1, -0.05) is 18.2 Å². The Bertz CT molecular complexity index is 742. The second-order valence-electron chi connectivity index (χ2n) is 7.80. The number of aromatic nitrogens is 1. The first kappa shape index (κ1) is 27.2. The van der Waals surface area contributed by atoms with Gasteiger partial charge in [-0.3, -0.25) is 9.88 Å². The number of nitrogens with one attached hydrogen (secondary N) is 2. The highest BCUT2D eigenvalue weighted by Gasteiger charge is 2.12. The van der Waals surface area contributed by atoms with Crippen LogP contribution in [0, 0.1) is 0 Å². The van der Waals surface area contributed by atoms with Crippen LogP contribution in [0.3, 0.4) is 0 Å². The highest BCUT2D eigenvalue weighted by atomic mass is 127. The van der Waals surface area contributed by atoms with Crippen LogP contribution < -0.4 is 15.4 Å². The highest BCUT2D eigenvalue weighted by molar-refractivity contribution is 14.0. The van der Waals surface area contributed by atoms with Crippen LogP contribution in [0.1, 0.15) is 45.9 Å². The van der Waals surface area contributed by atoms with Crippen LogP contribution in [-0.2, 0) is 13.2 Å². The fourth-order valence-electron chi connectivity index (χ4n) is 3.26. The number of ether oxygens (including phenoxy) is 1. The van der Waals surface area contributed by atoms with E-state index in [0.29, 0.717) is 25.2 Å². The Balaban J connectivity index is 0.00000480. The Morgan fingerprint density at radius 1 is 1.03 bits per heavy atom. The average molecular weight is 540 g/mol. The molecule has 1 heterocycles. The Kier molecular flexibility index (Phi) is 13.2. The topological polar surface area (TPSA) is 61.8 Å². The van der Waals surface area contributed by atoms with Crippen LogP contribution in [-0.4, -0.2) is 47.6 Å². The number of pyridine rings is 1. The van der Waals surface area contributed by atoms with Crippen LogP contribution in [0.4, 0.5) is 0 Å². The van der Waals surface area contributed by atoms with E-state index in [9.17, 15) is 0 Å². The Hall–Kier alpha value is -1.87. The number of halogens is 1. The molecule has 0 amide bonds. The van der Waals surface area contributed by atoms with E-state index in [4.69, 9.17) is 9.73 Å². The van der Waals surface area contributed by atoms with Gasteiger partial charge in [-0.15, -0.1) is 24.0 Å². The SMILES string of the molecule is CCNC(=NCc1ccc(OCc2ccccn2)cc1)NCCN(C(C)C)C(C)C.I. The van der Waals surface area contributed by atoms with Crippen molar-refractivity contribution in [3.05, 3.63) is 59.9 Å². The van der Waals surface area contributed by atoms with Gasteiger partial charge in [0.25, 0.3) is 0 Å². The molecule has 1 aromatic heterocycles. The number of rotatable bonds is 11. The summed E-state index contributed by atoms with van der Waals surface area (Å²) in [6.07, 6.45) is 1.78. The van der Waals surface area contributed by atoms with E-state index in [0.717, 1.165) is 42.6 Å². The smallest absolute Gasteiger partial charge is 0.191 e. The lowest BCUT2D eigenvalue weighted by molar-refractivity contribution is 0.178. The zero-order valence-corrected chi connectivity index (χ0v) is 21.8. The van der Waals surface area contributed by atoms with Crippen LogP contribution in [0.2, 0.25) is 0 Å². The van der Waals surface area contributed by atoms with E-state index < -0.39 is 0 Å². The molecule has 7 heteroatoms. The molecular weight excluding hydrogens is 501 g/mol. The van der Waals surface area contributed by atoms with Gasteiger partial charge in [0, 0.05) is 37.9 Å². The molecule has 172 valence electrons. The maximum Gasteiger partial charge on any atom is 0.191 e. The molecule has 2 aromatic rings. The molecule has 0 aliphatic heterocycles. The second-order valence-corrected chi connectivity index (χ2v) is 7.80. The summed E-state index contributed by atoms with van der Waals surface area (Å²) in [5.74, 6) is 1.68. The summed E-state index contributed by atoms with van der Waals surface area (Å²) in [4.78, 5) is 11.5. The summed E-state index contributed by atoms with van der Waals surface area (Å²) in [5, 5.41) is 6.77. The minimum absolute atomic E-state index is 0. The molecule has 0 saturated carbocycles. The molecule has 2 N–H and O–H groups in total. The van der Waals surface area contributed by atoms with Gasteiger partial charge in [-0.2, -0.15) is 0 Å². The summed E-state index contributed by atoms with van der Waals surface area (Å²) in [5.41, 5.74) is 2.06. The van der Waals surface area contributed by atoms with Crippen LogP contribution in [0.5, 0.6) is 5.75 Å². The quantitative estimate of drug-likeness (QED) is 0.251. The third kappa shape index (κ3) is 10.3. The van der Waals surface area contributed by atoms with Crippen molar-refractivity contribution in [2.45, 2.75) is 59.9 Å². The van der Waals surface area contributed by atoms with E-state index in [2.05, 4.69) is 67.3 Å². The molecule has 0 atom stereocenters. The Morgan fingerprint density at radius 3 is 2.32 bits per heavy atom. The molecule has 31 heavy (non-hydrogen) atoms. The Labute approximate surface area is 204 Å². The molecule has 0 unspecified atom stereocenters. The summed E-state index contributed by atoms with van der Waals surface area (Å²) in [6, 6.07) is 15.0. The minimum Gasteiger partial charge on any atom is -0.487 e. The largest absolute Gasteiger partial charge is 0.487 e. The standard InChI is InChI=1S/C24H37N5O.HI/c1-6-25-24(27-15-16-29(19(2)3)20(4)5)28-17-21-10-12-23(13-11-21)30-18-22-9-7-8-14-26-22;/h7-14,19-20H,6,15-18H2,1-5H3,(H2,25,27,28);1H. The molecule has 0 aliphatic carbocycles. The van der Waals surface area contributed by atoms with Crippen molar-refractivity contribution in [3.63, 3.8) is 0 Å². The predicted molar refractivity (Wildman–Crippen MR) is 140 cm³/mol. The first-order valence-corrected chi connectivity index (χ1v) is 10.9. The maximum atomic E-state index is 5.80. The summed E-state index contributed by atoms with van der Waals surface area (Å²) < 4.78 is 5.80. The van der Waals surface area contributed by atoms with Crippen LogP contribution >= 0.6 is 24.0 Å². The van der Waals surface area contributed by atoms with Crippen LogP contribution in [0.25, 0.3) is 0 Å². The fourth-order valence-corrected chi connectivity index (χ4v) is 3.26. The molecule has 6 nitrogen and oxygen atoms in total. The molecule has 1 aromatic carbocycles. The van der Waals surface area contributed by atoms with Crippen molar-refractivity contribution >= 4 is 29.9 Å². The molecule has 0 fully saturated rings. The van der Waals surface area contributed by atoms with Gasteiger partial charge in [0.1, 0.15) is 12.4 Å². The molecule has 0 saturated heterocycles. The van der Waals surface area contributed by atoms with Gasteiger partial charge in [-0.05, 0) is 64.4 Å². The zero-order valence-electron chi connectivity index (χ0n) is 19.5. The van der Waals surface area contributed by atoms with Gasteiger partial charge in [-0.25, -0.2) is 4.99 Å². The fraction of sp³-hybridized carbons (Fsp3) is 0.500. The van der Waals surface area contributed by atoms with E-state index in [1.54, 1.807) is 6.20 Å². The Morgan fingerprint density at radius 2 is 1.74 bits per heavy atom. The lowest BCUT2D eigenvalue weighted by Crippen LogP contribution is -2.45. The van der Waals surface area contributed by atoms with Crippen molar-refractivity contribution in [1.29, 1.82) is 0 Å². The number of nitrogens with zero attached hydrogens (tertiary/aromatic N) is 3. The molecule has 0 bridgehead atoms. The lowest BCUT2D eigenvalue weighted by atomic mass is 10.2. The number of aliphatic imine (C=N–C) groups is 1. The van der Waals surface area contributed by atoms with E-state index in [1.165, 1.54) is 0 Å².